The van der Waals surface area contributed by atoms with Crippen LogP contribution in [0.1, 0.15) is 39.5 Å². The molecule has 0 spiro atoms. The van der Waals surface area contributed by atoms with E-state index in [9.17, 15) is 9.59 Å². The molecule has 4 nitrogen and oxygen atoms in total. The molecule has 92 valence electrons. The van der Waals surface area contributed by atoms with Gasteiger partial charge >= 0.3 is 54.0 Å². The largest absolute Gasteiger partial charge is 0.481 e. The molecular formula is C8H16Br2O4Te. The van der Waals surface area contributed by atoms with Gasteiger partial charge in [-0.25, -0.2) is 0 Å². The van der Waals surface area contributed by atoms with Crippen LogP contribution in [-0.4, -0.2) is 38.7 Å². The monoisotopic (exact) mass is 464 g/mol. The van der Waals surface area contributed by atoms with E-state index in [2.05, 4.69) is 25.5 Å². The fourth-order valence-electron chi connectivity index (χ4n) is 0.428. The molecule has 0 aromatic heterocycles. The zero-order valence-corrected chi connectivity index (χ0v) is 14.2. The van der Waals surface area contributed by atoms with Crippen LogP contribution in [0.3, 0.4) is 0 Å². The fraction of sp³-hybridized carbons (Fsp3) is 0.750. The van der Waals surface area contributed by atoms with E-state index < -0.39 is 11.9 Å². The molecule has 0 heterocycles. The Kier molecular flexibility index (Phi) is 28.2. The van der Waals surface area contributed by atoms with Crippen LogP contribution in [0, 0.1) is 0 Å². The molecule has 0 saturated carbocycles. The molecule has 0 unspecified atom stereocenters. The Hall–Kier alpha value is 0.690. The minimum atomic E-state index is -0.711. The Bertz CT molecular complexity index is 140. The molecule has 0 aliphatic carbocycles. The van der Waals surface area contributed by atoms with Crippen LogP contribution in [0.15, 0.2) is 0 Å². The quantitative estimate of drug-likeness (QED) is 0.629. The molecule has 0 rings (SSSR count). The van der Waals surface area contributed by atoms with Crippen LogP contribution in [0.5, 0.6) is 0 Å². The first-order chi connectivity index (χ1) is 6.95. The Morgan fingerprint density at radius 1 is 1.00 bits per heavy atom. The molecule has 0 fully saturated rings. The number of carboxylic acids is 2. The van der Waals surface area contributed by atoms with E-state index in [4.69, 9.17) is 10.2 Å². The number of carboxylic acid groups (broad SMARTS) is 2. The predicted molar refractivity (Wildman–Crippen MR) is 68.7 cm³/mol. The third kappa shape index (κ3) is 52.9. The predicted octanol–water partition coefficient (Wildman–Crippen LogP) is 3.05. The summed E-state index contributed by atoms with van der Waals surface area (Å²) in [6, 6.07) is 0. The molecule has 7 heteroatoms. The minimum absolute atomic E-state index is 0.0950. The van der Waals surface area contributed by atoms with Crippen molar-refractivity contribution in [1.29, 1.82) is 0 Å². The van der Waals surface area contributed by atoms with Gasteiger partial charge in [0.2, 0.25) is 0 Å². The first-order valence-electron chi connectivity index (χ1n) is 4.29. The zero-order chi connectivity index (χ0) is 12.7. The maximum Gasteiger partial charge on any atom is 0.303 e. The van der Waals surface area contributed by atoms with Gasteiger partial charge in [0.15, 0.2) is 0 Å². The van der Waals surface area contributed by atoms with Crippen molar-refractivity contribution < 1.29 is 19.8 Å². The third-order valence-electron chi connectivity index (χ3n) is 0.928. The van der Waals surface area contributed by atoms with Crippen LogP contribution >= 0.6 is 25.5 Å². The molecule has 2 N–H and O–H groups in total. The molecular weight excluding hydrogens is 447 g/mol. The SMILES string of the molecule is Br[Te]Br.CCCC(=O)O.CCCC(=O)O. The first-order valence-corrected chi connectivity index (χ1v) is 14.7. The first kappa shape index (κ1) is 21.0. The van der Waals surface area contributed by atoms with Crippen molar-refractivity contribution in [3.8, 4) is 0 Å². The van der Waals surface area contributed by atoms with Gasteiger partial charge in [0.25, 0.3) is 0 Å². The maximum atomic E-state index is 9.60. The van der Waals surface area contributed by atoms with E-state index in [1.807, 2.05) is 13.8 Å². The van der Waals surface area contributed by atoms with Gasteiger partial charge in [0.05, 0.1) is 0 Å². The second-order valence-corrected chi connectivity index (χ2v) is 12.9. The Balaban J connectivity index is -0.000000153. The van der Waals surface area contributed by atoms with Gasteiger partial charge in [-0.1, -0.05) is 13.8 Å². The summed E-state index contributed by atoms with van der Waals surface area (Å²) in [5.41, 5.74) is 0. The van der Waals surface area contributed by atoms with Gasteiger partial charge in [-0.05, 0) is 12.8 Å². The van der Waals surface area contributed by atoms with Crippen molar-refractivity contribution in [2.75, 3.05) is 0 Å². The van der Waals surface area contributed by atoms with Gasteiger partial charge in [0.1, 0.15) is 0 Å². The molecule has 0 aromatic carbocycles. The van der Waals surface area contributed by atoms with Gasteiger partial charge in [-0.2, -0.15) is 0 Å². The molecule has 0 aliphatic heterocycles. The molecule has 0 atom stereocenters. The van der Waals surface area contributed by atoms with Gasteiger partial charge in [0, 0.05) is 12.8 Å². The second-order valence-electron chi connectivity index (χ2n) is 2.35. The molecule has 0 amide bonds. The van der Waals surface area contributed by atoms with Gasteiger partial charge in [-0.15, -0.1) is 0 Å². The number of hydrogen-bond donors (Lipinski definition) is 2. The molecule has 0 aliphatic rings. The van der Waals surface area contributed by atoms with Gasteiger partial charge < -0.3 is 10.2 Å². The molecule has 0 bridgehead atoms. The Morgan fingerprint density at radius 2 is 1.20 bits per heavy atom. The summed E-state index contributed by atoms with van der Waals surface area (Å²) in [6.07, 6.45) is 2.05. The van der Waals surface area contributed by atoms with Crippen molar-refractivity contribution in [3.05, 3.63) is 0 Å². The zero-order valence-electron chi connectivity index (χ0n) is 8.70. The average molecular weight is 464 g/mol. The van der Waals surface area contributed by atoms with E-state index in [0.717, 1.165) is 12.8 Å². The van der Waals surface area contributed by atoms with Crippen LogP contribution < -0.4 is 0 Å². The Labute approximate surface area is 112 Å². The van der Waals surface area contributed by atoms with Crippen molar-refractivity contribution in [3.63, 3.8) is 0 Å². The van der Waals surface area contributed by atoms with E-state index >= 15 is 0 Å². The third-order valence-corrected chi connectivity index (χ3v) is 0.928. The number of aliphatic carboxylic acids is 2. The summed E-state index contributed by atoms with van der Waals surface area (Å²) >= 11 is 6.48. The van der Waals surface area contributed by atoms with Crippen LogP contribution in [0.25, 0.3) is 0 Å². The maximum absolute atomic E-state index is 9.60. The normalized spacial score (nSPS) is 7.73. The van der Waals surface area contributed by atoms with Crippen LogP contribution in [-0.2, 0) is 9.59 Å². The molecule has 0 saturated heterocycles. The average Bonchev–Trinajstić information content (AvgIpc) is 2.05. The van der Waals surface area contributed by atoms with Crippen molar-refractivity contribution in [2.45, 2.75) is 39.5 Å². The molecule has 0 aromatic rings. The van der Waals surface area contributed by atoms with Crippen molar-refractivity contribution in [1.82, 2.24) is 0 Å². The summed E-state index contributed by atoms with van der Waals surface area (Å²) in [6.45, 7) is 3.68. The number of carbonyl (C=O) groups is 2. The molecule has 15 heavy (non-hydrogen) atoms. The van der Waals surface area contributed by atoms with Crippen LogP contribution in [0.4, 0.5) is 0 Å². The standard InChI is InChI=1S/2C4H8O2.Br2Te/c2*1-2-3-4(5)6;1-3-2/h2*2-3H2,1H3,(H,5,6);. The summed E-state index contributed by atoms with van der Waals surface area (Å²) in [5.74, 6) is -1.42. The van der Waals surface area contributed by atoms with E-state index in [1.165, 1.54) is 0 Å². The number of halogens is 2. The summed E-state index contributed by atoms with van der Waals surface area (Å²) < 4.78 is 0. The van der Waals surface area contributed by atoms with E-state index in [0.29, 0.717) is 12.8 Å². The summed E-state index contributed by atoms with van der Waals surface area (Å²) in [4.78, 5) is 19.2. The molecule has 0 radical (unpaired) electrons. The second kappa shape index (κ2) is 20.1. The Morgan fingerprint density at radius 3 is 1.20 bits per heavy atom. The van der Waals surface area contributed by atoms with E-state index in [1.54, 1.807) is 0 Å². The number of rotatable bonds is 4. The topological polar surface area (TPSA) is 74.6 Å². The fourth-order valence-corrected chi connectivity index (χ4v) is 0.428. The smallest absolute Gasteiger partial charge is 0.303 e. The van der Waals surface area contributed by atoms with Crippen LogP contribution in [0.2, 0.25) is 0 Å². The van der Waals surface area contributed by atoms with E-state index in [-0.39, 0.29) is 16.5 Å². The van der Waals surface area contributed by atoms with Gasteiger partial charge in [-0.3, -0.25) is 9.59 Å². The summed E-state index contributed by atoms with van der Waals surface area (Å²) in [5, 5.41) is 15.8. The minimum Gasteiger partial charge on any atom is -0.481 e. The summed E-state index contributed by atoms with van der Waals surface area (Å²) in [7, 11) is 0. The number of hydrogen-bond acceptors (Lipinski definition) is 2. The van der Waals surface area contributed by atoms with Crippen molar-refractivity contribution >= 4 is 54.0 Å². The van der Waals surface area contributed by atoms with Crippen molar-refractivity contribution in [2.24, 2.45) is 0 Å².